The Morgan fingerprint density at radius 3 is 2.39 bits per heavy atom. The van der Waals surface area contributed by atoms with Gasteiger partial charge in [0.2, 0.25) is 5.91 Å². The molecule has 4 rings (SSSR count). The van der Waals surface area contributed by atoms with Gasteiger partial charge >= 0.3 is 6.09 Å². The number of ether oxygens (including phenoxy) is 2. The summed E-state index contributed by atoms with van der Waals surface area (Å²) in [6.45, 7) is 0. The zero-order valence-electron chi connectivity index (χ0n) is 22.4. The molecule has 0 heterocycles. The van der Waals surface area contributed by atoms with Crippen molar-refractivity contribution in [3.8, 4) is 11.8 Å². The summed E-state index contributed by atoms with van der Waals surface area (Å²) in [4.78, 5) is 25.4. The highest BCUT2D eigenvalue weighted by atomic mass is 16.6. The second-order valence-corrected chi connectivity index (χ2v) is 9.19. The van der Waals surface area contributed by atoms with E-state index in [1.165, 1.54) is 13.2 Å². The number of anilines is 3. The lowest BCUT2D eigenvalue weighted by Gasteiger charge is -2.27. The molecule has 0 bridgehead atoms. The standard InChI is InChI=1S/C32H30N4O5/c1-40-29(12-6-7-13-30(38)36-27-11-5-4-10-26(27)34)31(25-18-19-28(37)24-9-3-2-8-23(24)25)41-32(39)35-22-16-14-21(20-33)15-17-22/h2-5,7-11,13-19,29,31,37H,6,12,34H2,1H3,(H,35,39)(H,36,38)/b13-7+/t29-,31-/m0/s1. The minimum Gasteiger partial charge on any atom is -0.507 e. The van der Waals surface area contributed by atoms with Crippen LogP contribution in [0.2, 0.25) is 0 Å². The lowest BCUT2D eigenvalue weighted by atomic mass is 9.94. The first-order valence-corrected chi connectivity index (χ1v) is 12.9. The molecule has 0 fully saturated rings. The number of rotatable bonds is 10. The smallest absolute Gasteiger partial charge is 0.412 e. The van der Waals surface area contributed by atoms with Crippen LogP contribution in [0.1, 0.15) is 30.1 Å². The number of nitrogens with two attached hydrogens (primary N) is 1. The molecule has 4 aromatic rings. The number of nitrogen functional groups attached to an aromatic ring is 1. The highest BCUT2D eigenvalue weighted by molar-refractivity contribution is 6.01. The number of nitrogens with one attached hydrogen (secondary N) is 2. The minimum atomic E-state index is -0.852. The molecule has 208 valence electrons. The molecule has 0 radical (unpaired) electrons. The summed E-state index contributed by atoms with van der Waals surface area (Å²) in [6.07, 6.45) is 1.84. The highest BCUT2D eigenvalue weighted by Gasteiger charge is 2.29. The maximum absolute atomic E-state index is 13.0. The fourth-order valence-corrected chi connectivity index (χ4v) is 4.41. The van der Waals surface area contributed by atoms with Crippen molar-refractivity contribution in [1.82, 2.24) is 0 Å². The van der Waals surface area contributed by atoms with Crippen LogP contribution in [0.5, 0.6) is 5.75 Å². The molecule has 0 aliphatic heterocycles. The molecule has 0 spiro atoms. The van der Waals surface area contributed by atoms with E-state index in [2.05, 4.69) is 10.6 Å². The lowest BCUT2D eigenvalue weighted by molar-refractivity contribution is -0.111. The summed E-state index contributed by atoms with van der Waals surface area (Å²) in [7, 11) is 1.52. The van der Waals surface area contributed by atoms with Crippen molar-refractivity contribution in [2.45, 2.75) is 25.0 Å². The number of nitriles is 1. The number of hydrogen-bond donors (Lipinski definition) is 4. The Morgan fingerprint density at radius 1 is 0.976 bits per heavy atom. The van der Waals surface area contributed by atoms with Gasteiger partial charge in [-0.15, -0.1) is 0 Å². The Morgan fingerprint density at radius 2 is 1.68 bits per heavy atom. The summed E-state index contributed by atoms with van der Waals surface area (Å²) in [5, 5.41) is 26.2. The molecule has 0 saturated heterocycles. The van der Waals surface area contributed by atoms with Crippen molar-refractivity contribution in [2.75, 3.05) is 23.5 Å². The molecule has 9 heteroatoms. The highest BCUT2D eigenvalue weighted by Crippen LogP contribution is 2.36. The van der Waals surface area contributed by atoms with Gasteiger partial charge in [-0.2, -0.15) is 5.26 Å². The molecule has 41 heavy (non-hydrogen) atoms. The largest absolute Gasteiger partial charge is 0.507 e. The number of para-hydroxylation sites is 2. The van der Waals surface area contributed by atoms with Gasteiger partial charge in [-0.1, -0.05) is 48.5 Å². The van der Waals surface area contributed by atoms with Crippen LogP contribution in [0.15, 0.2) is 97.1 Å². The molecule has 0 unspecified atom stereocenters. The van der Waals surface area contributed by atoms with E-state index in [-0.39, 0.29) is 11.7 Å². The number of amides is 2. The number of phenols is 1. The Labute approximate surface area is 237 Å². The fraction of sp³-hybridized carbons (Fsp3) is 0.156. The number of carbonyl (C=O) groups excluding carboxylic acids is 2. The third-order valence-corrected chi connectivity index (χ3v) is 6.48. The van der Waals surface area contributed by atoms with Crippen molar-refractivity contribution in [2.24, 2.45) is 0 Å². The number of hydrogen-bond acceptors (Lipinski definition) is 7. The first kappa shape index (κ1) is 28.7. The van der Waals surface area contributed by atoms with Crippen LogP contribution in [0.25, 0.3) is 10.8 Å². The Hall–Kier alpha value is -5.33. The number of nitrogens with zero attached hydrogens (tertiary/aromatic N) is 1. The van der Waals surface area contributed by atoms with E-state index in [1.54, 1.807) is 72.8 Å². The predicted octanol–water partition coefficient (Wildman–Crippen LogP) is 6.28. The molecule has 4 aromatic carbocycles. The average molecular weight is 551 g/mol. The monoisotopic (exact) mass is 550 g/mol. The van der Waals surface area contributed by atoms with E-state index in [0.29, 0.717) is 51.8 Å². The maximum atomic E-state index is 13.0. The summed E-state index contributed by atoms with van der Waals surface area (Å²) in [5.41, 5.74) is 8.46. The summed E-state index contributed by atoms with van der Waals surface area (Å²) in [5.74, 6) is -0.219. The van der Waals surface area contributed by atoms with Crippen LogP contribution in [0, 0.1) is 11.3 Å². The Kier molecular flexibility index (Phi) is 9.54. The Balaban J connectivity index is 1.52. The number of phenolic OH excluding ortho intramolecular Hbond substituents is 1. The van der Waals surface area contributed by atoms with E-state index < -0.39 is 18.3 Å². The van der Waals surface area contributed by atoms with E-state index in [9.17, 15) is 14.7 Å². The molecular formula is C32H30N4O5. The number of carbonyl (C=O) groups is 2. The van der Waals surface area contributed by atoms with Crippen LogP contribution < -0.4 is 16.4 Å². The Bertz CT molecular complexity index is 1590. The van der Waals surface area contributed by atoms with Crippen LogP contribution in [0.3, 0.4) is 0 Å². The van der Waals surface area contributed by atoms with Crippen molar-refractivity contribution in [1.29, 1.82) is 5.26 Å². The topological polar surface area (TPSA) is 147 Å². The quantitative estimate of drug-likeness (QED) is 0.134. The van der Waals surface area contributed by atoms with Gasteiger partial charge in [-0.25, -0.2) is 4.79 Å². The summed E-state index contributed by atoms with van der Waals surface area (Å²) < 4.78 is 11.7. The molecule has 5 N–H and O–H groups in total. The predicted molar refractivity (Wildman–Crippen MR) is 158 cm³/mol. The van der Waals surface area contributed by atoms with Crippen molar-refractivity contribution >= 4 is 39.8 Å². The molecule has 0 aliphatic rings. The van der Waals surface area contributed by atoms with Crippen molar-refractivity contribution in [3.05, 3.63) is 108 Å². The number of benzene rings is 4. The van der Waals surface area contributed by atoms with E-state index in [1.807, 2.05) is 24.3 Å². The first-order valence-electron chi connectivity index (χ1n) is 12.9. The van der Waals surface area contributed by atoms with Gasteiger partial charge in [0.05, 0.1) is 29.1 Å². The SMILES string of the molecule is CO[C@@H](CC/C=C/C(=O)Nc1ccccc1N)[C@@H](OC(=O)Nc1ccc(C#N)cc1)c1ccc(O)c2ccccc12. The molecule has 2 atom stereocenters. The van der Waals surface area contributed by atoms with Gasteiger partial charge in [-0.05, 0) is 66.8 Å². The third kappa shape index (κ3) is 7.41. The fourth-order valence-electron chi connectivity index (χ4n) is 4.41. The van der Waals surface area contributed by atoms with Crippen LogP contribution in [-0.2, 0) is 14.3 Å². The van der Waals surface area contributed by atoms with Gasteiger partial charge in [0, 0.05) is 23.7 Å². The normalized spacial score (nSPS) is 12.4. The zero-order chi connectivity index (χ0) is 29.2. The van der Waals surface area contributed by atoms with Crippen LogP contribution >= 0.6 is 0 Å². The van der Waals surface area contributed by atoms with Gasteiger partial charge in [0.25, 0.3) is 0 Å². The van der Waals surface area contributed by atoms with E-state index in [0.717, 1.165) is 0 Å². The molecule has 0 saturated carbocycles. The number of methoxy groups -OCH3 is 1. The molecule has 0 aliphatic carbocycles. The van der Waals surface area contributed by atoms with Crippen molar-refractivity contribution in [3.63, 3.8) is 0 Å². The molecule has 9 nitrogen and oxygen atoms in total. The molecule has 0 aromatic heterocycles. The summed E-state index contributed by atoms with van der Waals surface area (Å²) >= 11 is 0. The second-order valence-electron chi connectivity index (χ2n) is 9.19. The van der Waals surface area contributed by atoms with Crippen molar-refractivity contribution < 1.29 is 24.2 Å². The van der Waals surface area contributed by atoms with E-state index >= 15 is 0 Å². The summed E-state index contributed by atoms with van der Waals surface area (Å²) in [6, 6.07) is 25.9. The second kappa shape index (κ2) is 13.6. The lowest BCUT2D eigenvalue weighted by Crippen LogP contribution is -2.28. The van der Waals surface area contributed by atoms with Gasteiger partial charge < -0.3 is 25.6 Å². The molecular weight excluding hydrogens is 520 g/mol. The van der Waals surface area contributed by atoms with E-state index in [4.69, 9.17) is 20.5 Å². The third-order valence-electron chi connectivity index (χ3n) is 6.48. The van der Waals surface area contributed by atoms with Gasteiger partial charge in [-0.3, -0.25) is 10.1 Å². The number of fused-ring (bicyclic) bond motifs is 1. The van der Waals surface area contributed by atoms with Gasteiger partial charge in [0.1, 0.15) is 5.75 Å². The molecule has 2 amide bonds. The number of aromatic hydroxyl groups is 1. The van der Waals surface area contributed by atoms with Gasteiger partial charge in [0.15, 0.2) is 6.10 Å². The van der Waals surface area contributed by atoms with Crippen LogP contribution in [-0.4, -0.2) is 30.3 Å². The number of allylic oxidation sites excluding steroid dienone is 1. The first-order chi connectivity index (χ1) is 19.9. The zero-order valence-corrected chi connectivity index (χ0v) is 22.4. The minimum absolute atomic E-state index is 0.104. The maximum Gasteiger partial charge on any atom is 0.412 e. The van der Waals surface area contributed by atoms with Crippen LogP contribution in [0.4, 0.5) is 21.9 Å². The average Bonchev–Trinajstić information content (AvgIpc) is 2.98.